The van der Waals surface area contributed by atoms with Gasteiger partial charge in [0.1, 0.15) is 6.29 Å². The lowest BCUT2D eigenvalue weighted by molar-refractivity contribution is -0.0642. The van der Waals surface area contributed by atoms with Crippen LogP contribution in [0.4, 0.5) is 0 Å². The minimum Gasteiger partial charge on any atom is -0.402 e. The second kappa shape index (κ2) is 3.17. The van der Waals surface area contributed by atoms with E-state index in [1.165, 1.54) is 0 Å². The first-order valence-corrected chi connectivity index (χ1v) is 2.92. The van der Waals surface area contributed by atoms with E-state index in [0.29, 0.717) is 6.61 Å². The van der Waals surface area contributed by atoms with Gasteiger partial charge in [0.2, 0.25) is 0 Å². The highest BCUT2D eigenvalue weighted by Crippen LogP contribution is 2.12. The zero-order chi connectivity index (χ0) is 6.69. The first-order valence-electron chi connectivity index (χ1n) is 2.92. The van der Waals surface area contributed by atoms with Crippen LogP contribution < -0.4 is 0 Å². The normalized spacial score (nSPS) is 26.7. The first kappa shape index (κ1) is 7.02. The summed E-state index contributed by atoms with van der Waals surface area (Å²) in [6.07, 6.45) is 1.26. The van der Waals surface area contributed by atoms with Gasteiger partial charge in [0, 0.05) is 6.61 Å². The molecule has 52 valence electrons. The van der Waals surface area contributed by atoms with Crippen molar-refractivity contribution in [1.82, 2.24) is 0 Å². The van der Waals surface area contributed by atoms with Gasteiger partial charge in [0.15, 0.2) is 0 Å². The van der Waals surface area contributed by atoms with Gasteiger partial charge in [-0.1, -0.05) is 0 Å². The van der Waals surface area contributed by atoms with Crippen LogP contribution in [-0.4, -0.2) is 30.3 Å². The molecule has 4 nitrogen and oxygen atoms in total. The molecule has 1 aliphatic heterocycles. The van der Waals surface area contributed by atoms with Crippen LogP contribution in [0, 0.1) is 0 Å². The third kappa shape index (κ3) is 2.32. The number of ether oxygens (including phenoxy) is 1. The van der Waals surface area contributed by atoms with E-state index >= 15 is 0 Å². The molecule has 0 saturated carbocycles. The van der Waals surface area contributed by atoms with Gasteiger partial charge in [0.05, 0.1) is 0 Å². The molecule has 1 aliphatic rings. The van der Waals surface area contributed by atoms with Gasteiger partial charge < -0.3 is 19.4 Å². The van der Waals surface area contributed by atoms with Crippen molar-refractivity contribution < 1.29 is 19.4 Å². The fraction of sp³-hybridized carbons (Fsp3) is 1.00. The lowest BCUT2D eigenvalue weighted by Crippen LogP contribution is -2.24. The summed E-state index contributed by atoms with van der Waals surface area (Å²) in [5.74, 6) is 0. The van der Waals surface area contributed by atoms with E-state index in [1.807, 2.05) is 0 Å². The van der Waals surface area contributed by atoms with E-state index in [9.17, 15) is 0 Å². The monoisotopic (exact) mass is 132 g/mol. The SMILES string of the molecule is OB(O)OC1CCCO1. The Bertz CT molecular complexity index is 80.6. The van der Waals surface area contributed by atoms with Crippen molar-refractivity contribution in [3.05, 3.63) is 0 Å². The van der Waals surface area contributed by atoms with Crippen LogP contribution in [0.2, 0.25) is 0 Å². The molecule has 0 bridgehead atoms. The summed E-state index contributed by atoms with van der Waals surface area (Å²) in [5.41, 5.74) is 0. The van der Waals surface area contributed by atoms with Gasteiger partial charge in [-0.05, 0) is 12.8 Å². The van der Waals surface area contributed by atoms with Crippen LogP contribution in [-0.2, 0) is 9.39 Å². The topological polar surface area (TPSA) is 58.9 Å². The highest BCUT2D eigenvalue weighted by atomic mass is 16.7. The predicted molar refractivity (Wildman–Crippen MR) is 30.3 cm³/mol. The summed E-state index contributed by atoms with van der Waals surface area (Å²) >= 11 is 0. The Hall–Kier alpha value is -0.0951. The molecule has 0 aliphatic carbocycles. The van der Waals surface area contributed by atoms with E-state index in [-0.39, 0.29) is 0 Å². The molecule has 0 amide bonds. The molecule has 1 heterocycles. The highest BCUT2D eigenvalue weighted by Gasteiger charge is 2.21. The van der Waals surface area contributed by atoms with Gasteiger partial charge in [0.25, 0.3) is 0 Å². The Labute approximate surface area is 53.6 Å². The summed E-state index contributed by atoms with van der Waals surface area (Å²) in [4.78, 5) is 0. The third-order valence-corrected chi connectivity index (χ3v) is 1.16. The summed E-state index contributed by atoms with van der Waals surface area (Å²) < 4.78 is 9.42. The van der Waals surface area contributed by atoms with Crippen LogP contribution in [0.15, 0.2) is 0 Å². The number of hydrogen-bond donors (Lipinski definition) is 2. The first-order chi connectivity index (χ1) is 4.29. The van der Waals surface area contributed by atoms with E-state index in [4.69, 9.17) is 14.8 Å². The lowest BCUT2D eigenvalue weighted by Gasteiger charge is -2.08. The van der Waals surface area contributed by atoms with E-state index < -0.39 is 13.6 Å². The van der Waals surface area contributed by atoms with Crippen molar-refractivity contribution in [1.29, 1.82) is 0 Å². The quantitative estimate of drug-likeness (QED) is 0.478. The third-order valence-electron chi connectivity index (χ3n) is 1.16. The molecule has 1 saturated heterocycles. The maximum absolute atomic E-state index is 8.27. The largest absolute Gasteiger partial charge is 0.635 e. The van der Waals surface area contributed by atoms with Gasteiger partial charge >= 0.3 is 7.32 Å². The second-order valence-electron chi connectivity index (χ2n) is 1.90. The molecule has 0 spiro atoms. The summed E-state index contributed by atoms with van der Waals surface area (Å²) in [7, 11) is -1.70. The molecule has 0 aromatic carbocycles. The Balaban J connectivity index is 2.11. The average molecular weight is 132 g/mol. The Morgan fingerprint density at radius 2 is 2.33 bits per heavy atom. The molecule has 0 aromatic heterocycles. The molecule has 1 atom stereocenters. The number of rotatable bonds is 2. The summed E-state index contributed by atoms with van der Waals surface area (Å²) in [6, 6.07) is 0. The Kier molecular flexibility index (Phi) is 2.47. The second-order valence-corrected chi connectivity index (χ2v) is 1.90. The van der Waals surface area contributed by atoms with Crippen molar-refractivity contribution >= 4 is 7.32 Å². The van der Waals surface area contributed by atoms with Crippen LogP contribution in [0.5, 0.6) is 0 Å². The van der Waals surface area contributed by atoms with Crippen molar-refractivity contribution in [2.24, 2.45) is 0 Å². The van der Waals surface area contributed by atoms with Crippen LogP contribution >= 0.6 is 0 Å². The van der Waals surface area contributed by atoms with Crippen molar-refractivity contribution in [2.45, 2.75) is 19.1 Å². The van der Waals surface area contributed by atoms with E-state index in [2.05, 4.69) is 4.65 Å². The predicted octanol–water partition coefficient (Wildman–Crippen LogP) is -0.891. The summed E-state index contributed by atoms with van der Waals surface area (Å²) in [5, 5.41) is 16.5. The standard InChI is InChI=1S/C4H9BO4/c6-5(7)9-4-2-1-3-8-4/h4,6-7H,1-3H2. The molecule has 0 radical (unpaired) electrons. The van der Waals surface area contributed by atoms with Gasteiger partial charge in [-0.2, -0.15) is 0 Å². The average Bonchev–Trinajstić information content (AvgIpc) is 2.15. The van der Waals surface area contributed by atoms with Gasteiger partial charge in [-0.25, -0.2) is 0 Å². The molecular weight excluding hydrogens is 123 g/mol. The van der Waals surface area contributed by atoms with Crippen LogP contribution in [0.1, 0.15) is 12.8 Å². The fourth-order valence-corrected chi connectivity index (χ4v) is 0.791. The van der Waals surface area contributed by atoms with Crippen LogP contribution in [0.3, 0.4) is 0 Å². The van der Waals surface area contributed by atoms with Crippen molar-refractivity contribution in [3.8, 4) is 0 Å². The Morgan fingerprint density at radius 3 is 2.78 bits per heavy atom. The summed E-state index contributed by atoms with van der Waals surface area (Å²) in [6.45, 7) is 0.650. The maximum atomic E-state index is 8.27. The Morgan fingerprint density at radius 1 is 1.56 bits per heavy atom. The highest BCUT2D eigenvalue weighted by molar-refractivity contribution is 6.32. The number of hydrogen-bond acceptors (Lipinski definition) is 4. The van der Waals surface area contributed by atoms with Crippen molar-refractivity contribution in [2.75, 3.05) is 6.61 Å². The fourth-order valence-electron chi connectivity index (χ4n) is 0.791. The minimum atomic E-state index is -1.70. The maximum Gasteiger partial charge on any atom is 0.635 e. The smallest absolute Gasteiger partial charge is 0.402 e. The lowest BCUT2D eigenvalue weighted by atomic mass is 10.2. The zero-order valence-electron chi connectivity index (χ0n) is 4.99. The molecule has 1 rings (SSSR count). The molecule has 1 fully saturated rings. The molecule has 9 heavy (non-hydrogen) atoms. The van der Waals surface area contributed by atoms with E-state index in [1.54, 1.807) is 0 Å². The van der Waals surface area contributed by atoms with Gasteiger partial charge in [-0.3, -0.25) is 0 Å². The van der Waals surface area contributed by atoms with Crippen LogP contribution in [0.25, 0.3) is 0 Å². The van der Waals surface area contributed by atoms with E-state index in [0.717, 1.165) is 12.8 Å². The zero-order valence-corrected chi connectivity index (χ0v) is 4.99. The van der Waals surface area contributed by atoms with Gasteiger partial charge in [-0.15, -0.1) is 0 Å². The molecule has 1 unspecified atom stereocenters. The minimum absolute atomic E-state index is 0.412. The van der Waals surface area contributed by atoms with Crippen molar-refractivity contribution in [3.63, 3.8) is 0 Å². The molecule has 2 N–H and O–H groups in total. The molecular formula is C4H9BO4. The molecule has 5 heteroatoms. The molecule has 0 aromatic rings.